The minimum absolute atomic E-state index is 0.0635. The molecule has 0 aromatic heterocycles. The molecule has 4 heteroatoms. The summed E-state index contributed by atoms with van der Waals surface area (Å²) in [6, 6.07) is 8.36. The Bertz CT molecular complexity index is 509. The van der Waals surface area contributed by atoms with Gasteiger partial charge < -0.3 is 14.6 Å². The van der Waals surface area contributed by atoms with Crippen LogP contribution in [0.25, 0.3) is 0 Å². The Kier molecular flexibility index (Phi) is 6.14. The molecule has 0 saturated carbocycles. The van der Waals surface area contributed by atoms with Crippen LogP contribution in [0.15, 0.2) is 24.3 Å². The van der Waals surface area contributed by atoms with Gasteiger partial charge in [0.05, 0.1) is 12.2 Å². The highest BCUT2D eigenvalue weighted by Crippen LogP contribution is 2.39. The third kappa shape index (κ3) is 4.29. The van der Waals surface area contributed by atoms with Gasteiger partial charge in [-0.15, -0.1) is 0 Å². The minimum Gasteiger partial charge on any atom is -0.494 e. The van der Waals surface area contributed by atoms with Gasteiger partial charge in [0.25, 0.3) is 0 Å². The molecule has 0 bridgehead atoms. The van der Waals surface area contributed by atoms with Crippen molar-refractivity contribution in [2.75, 3.05) is 32.9 Å². The number of likely N-dealkylation sites (tertiary alicyclic amines) is 1. The molecule has 1 spiro atoms. The van der Waals surface area contributed by atoms with Gasteiger partial charge in [0.1, 0.15) is 5.75 Å². The summed E-state index contributed by atoms with van der Waals surface area (Å²) in [6.45, 7) is 7.01. The number of rotatable bonds is 6. The molecule has 0 radical (unpaired) electrons. The SMILES string of the molecule is CCOc1ccccc1CN1CCC2(CC1)CC(CCO)CCO2. The van der Waals surface area contributed by atoms with Gasteiger partial charge in [-0.2, -0.15) is 0 Å². The Morgan fingerprint density at radius 1 is 1.29 bits per heavy atom. The lowest BCUT2D eigenvalue weighted by atomic mass is 9.78. The summed E-state index contributed by atoms with van der Waals surface area (Å²) in [5.41, 5.74) is 1.34. The smallest absolute Gasteiger partial charge is 0.123 e. The number of aliphatic hydroxyl groups excluding tert-OH is 1. The summed E-state index contributed by atoms with van der Waals surface area (Å²) in [6.07, 6.45) is 5.36. The molecule has 4 nitrogen and oxygen atoms in total. The van der Waals surface area contributed by atoms with Crippen molar-refractivity contribution in [2.45, 2.75) is 51.2 Å². The van der Waals surface area contributed by atoms with Gasteiger partial charge in [-0.3, -0.25) is 4.90 Å². The van der Waals surface area contributed by atoms with Gasteiger partial charge >= 0.3 is 0 Å². The fourth-order valence-corrected chi connectivity index (χ4v) is 4.20. The van der Waals surface area contributed by atoms with Crippen LogP contribution in [-0.2, 0) is 11.3 Å². The monoisotopic (exact) mass is 333 g/mol. The van der Waals surface area contributed by atoms with E-state index >= 15 is 0 Å². The van der Waals surface area contributed by atoms with E-state index in [1.807, 2.05) is 13.0 Å². The largest absolute Gasteiger partial charge is 0.494 e. The van der Waals surface area contributed by atoms with E-state index in [0.29, 0.717) is 19.1 Å². The van der Waals surface area contributed by atoms with Crippen molar-refractivity contribution in [1.29, 1.82) is 0 Å². The topological polar surface area (TPSA) is 41.9 Å². The van der Waals surface area contributed by atoms with Crippen LogP contribution in [0.5, 0.6) is 5.75 Å². The minimum atomic E-state index is 0.0635. The van der Waals surface area contributed by atoms with Crippen molar-refractivity contribution < 1.29 is 14.6 Å². The molecule has 134 valence electrons. The standard InChI is InChI=1S/C20H31NO3/c1-2-23-19-6-4-3-5-18(19)16-21-11-9-20(10-12-21)15-17(7-13-22)8-14-24-20/h3-6,17,22H,2,7-16H2,1H3. The number of piperidine rings is 1. The van der Waals surface area contributed by atoms with E-state index in [1.54, 1.807) is 0 Å². The second kappa shape index (κ2) is 8.32. The highest BCUT2D eigenvalue weighted by atomic mass is 16.5. The van der Waals surface area contributed by atoms with E-state index in [2.05, 4.69) is 23.1 Å². The van der Waals surface area contributed by atoms with E-state index < -0.39 is 0 Å². The van der Waals surface area contributed by atoms with E-state index in [9.17, 15) is 5.11 Å². The molecule has 24 heavy (non-hydrogen) atoms. The summed E-state index contributed by atoms with van der Waals surface area (Å²) in [4.78, 5) is 2.52. The fourth-order valence-electron chi connectivity index (χ4n) is 4.20. The van der Waals surface area contributed by atoms with Crippen LogP contribution in [0.4, 0.5) is 0 Å². The molecule has 1 aromatic carbocycles. The Hall–Kier alpha value is -1.10. The highest BCUT2D eigenvalue weighted by molar-refractivity contribution is 5.33. The zero-order chi connectivity index (χ0) is 16.8. The van der Waals surface area contributed by atoms with Crippen LogP contribution in [0, 0.1) is 5.92 Å². The lowest BCUT2D eigenvalue weighted by Gasteiger charge is -2.46. The van der Waals surface area contributed by atoms with Gasteiger partial charge in [-0.25, -0.2) is 0 Å². The van der Waals surface area contributed by atoms with Gasteiger partial charge in [0.2, 0.25) is 0 Å². The third-order valence-corrected chi connectivity index (χ3v) is 5.57. The first kappa shape index (κ1) is 17.7. The Labute approximate surface area is 145 Å². The molecular weight excluding hydrogens is 302 g/mol. The Balaban J connectivity index is 1.55. The number of ether oxygens (including phenoxy) is 2. The number of hydrogen-bond donors (Lipinski definition) is 1. The number of benzene rings is 1. The molecule has 1 aromatic rings. The van der Waals surface area contributed by atoms with E-state index in [-0.39, 0.29) is 5.60 Å². The average molecular weight is 333 g/mol. The van der Waals surface area contributed by atoms with E-state index in [1.165, 1.54) is 5.56 Å². The first-order chi connectivity index (χ1) is 11.7. The van der Waals surface area contributed by atoms with Crippen molar-refractivity contribution in [3.05, 3.63) is 29.8 Å². The van der Waals surface area contributed by atoms with Crippen LogP contribution < -0.4 is 4.74 Å². The second-order valence-corrected chi connectivity index (χ2v) is 7.22. The Morgan fingerprint density at radius 3 is 2.83 bits per heavy atom. The lowest BCUT2D eigenvalue weighted by molar-refractivity contribution is -0.129. The maximum Gasteiger partial charge on any atom is 0.123 e. The molecule has 1 unspecified atom stereocenters. The highest BCUT2D eigenvalue weighted by Gasteiger charge is 2.40. The molecule has 2 aliphatic heterocycles. The molecule has 2 saturated heterocycles. The molecule has 2 fully saturated rings. The normalized spacial score (nSPS) is 24.2. The van der Waals surface area contributed by atoms with Crippen molar-refractivity contribution in [2.24, 2.45) is 5.92 Å². The van der Waals surface area contributed by atoms with Crippen LogP contribution in [-0.4, -0.2) is 48.5 Å². The zero-order valence-corrected chi connectivity index (χ0v) is 14.9. The number of aliphatic hydroxyl groups is 1. The molecule has 0 amide bonds. The van der Waals surface area contributed by atoms with Crippen LogP contribution in [0.1, 0.15) is 44.6 Å². The molecule has 2 heterocycles. The summed E-state index contributed by atoms with van der Waals surface area (Å²) < 4.78 is 12.0. The average Bonchev–Trinajstić information content (AvgIpc) is 2.60. The summed E-state index contributed by atoms with van der Waals surface area (Å²) in [7, 11) is 0. The summed E-state index contributed by atoms with van der Waals surface area (Å²) in [5.74, 6) is 1.64. The second-order valence-electron chi connectivity index (χ2n) is 7.22. The number of para-hydroxylation sites is 1. The van der Waals surface area contributed by atoms with Crippen LogP contribution >= 0.6 is 0 Å². The maximum absolute atomic E-state index is 9.22. The van der Waals surface area contributed by atoms with Gasteiger partial charge in [0.15, 0.2) is 0 Å². The third-order valence-electron chi connectivity index (χ3n) is 5.57. The van der Waals surface area contributed by atoms with Crippen molar-refractivity contribution >= 4 is 0 Å². The molecule has 1 atom stereocenters. The van der Waals surface area contributed by atoms with Crippen molar-refractivity contribution in [1.82, 2.24) is 4.90 Å². The van der Waals surface area contributed by atoms with Crippen molar-refractivity contribution in [3.63, 3.8) is 0 Å². The van der Waals surface area contributed by atoms with Gasteiger partial charge in [0, 0.05) is 38.4 Å². The van der Waals surface area contributed by atoms with E-state index in [4.69, 9.17) is 9.47 Å². The van der Waals surface area contributed by atoms with Crippen molar-refractivity contribution in [3.8, 4) is 5.75 Å². The zero-order valence-electron chi connectivity index (χ0n) is 14.9. The van der Waals surface area contributed by atoms with Crippen LogP contribution in [0.3, 0.4) is 0 Å². The van der Waals surface area contributed by atoms with E-state index in [0.717, 1.165) is 64.1 Å². The lowest BCUT2D eigenvalue weighted by Crippen LogP contribution is -2.49. The van der Waals surface area contributed by atoms with Gasteiger partial charge in [-0.1, -0.05) is 18.2 Å². The van der Waals surface area contributed by atoms with Crippen LogP contribution in [0.2, 0.25) is 0 Å². The molecular formula is C20H31NO3. The number of nitrogens with zero attached hydrogens (tertiary/aromatic N) is 1. The summed E-state index contributed by atoms with van der Waals surface area (Å²) >= 11 is 0. The van der Waals surface area contributed by atoms with Gasteiger partial charge in [-0.05, 0) is 51.0 Å². The molecule has 3 rings (SSSR count). The first-order valence-electron chi connectivity index (χ1n) is 9.42. The fraction of sp³-hybridized carbons (Fsp3) is 0.700. The molecule has 0 aliphatic carbocycles. The summed E-state index contributed by atoms with van der Waals surface area (Å²) in [5, 5.41) is 9.22. The first-order valence-corrected chi connectivity index (χ1v) is 9.42. The quantitative estimate of drug-likeness (QED) is 0.868. The predicted molar refractivity (Wildman–Crippen MR) is 95.2 cm³/mol. The maximum atomic E-state index is 9.22. The Morgan fingerprint density at radius 2 is 2.08 bits per heavy atom. The predicted octanol–water partition coefficient (Wildman–Crippen LogP) is 3.23. The molecule has 2 aliphatic rings. The molecule has 1 N–H and O–H groups in total. The number of hydrogen-bond acceptors (Lipinski definition) is 4.